The smallest absolute Gasteiger partial charge is 0.338 e. The first-order valence-corrected chi connectivity index (χ1v) is 14.2. The fourth-order valence-electron chi connectivity index (χ4n) is 5.50. The summed E-state index contributed by atoms with van der Waals surface area (Å²) in [6.45, 7) is 6.31. The van der Waals surface area contributed by atoms with Gasteiger partial charge >= 0.3 is 11.9 Å². The Morgan fingerprint density at radius 1 is 0.822 bits per heavy atom. The number of fused-ring (bicyclic) bond motifs is 3. The molecule has 1 aliphatic carbocycles. The van der Waals surface area contributed by atoms with E-state index in [1.807, 2.05) is 0 Å². The molecule has 3 aromatic rings. The number of aliphatic hydroxyl groups is 1. The first-order chi connectivity index (χ1) is 21.4. The second kappa shape index (κ2) is 13.0. The fourth-order valence-corrected chi connectivity index (χ4v) is 5.50. The van der Waals surface area contributed by atoms with Gasteiger partial charge < -0.3 is 43.7 Å². The lowest BCUT2D eigenvalue weighted by Crippen LogP contribution is -2.46. The number of phenols is 2. The lowest BCUT2D eigenvalue weighted by atomic mass is 9.71. The molecule has 4 atom stereocenters. The molecule has 0 bridgehead atoms. The topological polar surface area (TPSA) is 150 Å². The molecule has 0 unspecified atom stereocenters. The van der Waals surface area contributed by atoms with E-state index in [1.54, 1.807) is 57.2 Å². The first kappa shape index (κ1) is 33.0. The molecule has 0 aliphatic heterocycles. The summed E-state index contributed by atoms with van der Waals surface area (Å²) in [4.78, 5) is 26.8. The molecule has 45 heavy (non-hydrogen) atoms. The normalized spacial score (nSPS) is 20.9. The third kappa shape index (κ3) is 5.71. The van der Waals surface area contributed by atoms with Crippen LogP contribution in [0.4, 0.5) is 0 Å². The summed E-state index contributed by atoms with van der Waals surface area (Å²) in [6.07, 6.45) is -1.21. The van der Waals surface area contributed by atoms with Crippen molar-refractivity contribution in [1.82, 2.24) is 0 Å². The predicted molar refractivity (Wildman–Crippen MR) is 164 cm³/mol. The minimum atomic E-state index is -1.97. The highest BCUT2D eigenvalue weighted by molar-refractivity contribution is 5.92. The molecule has 0 heterocycles. The Kier molecular flexibility index (Phi) is 9.53. The minimum Gasteiger partial charge on any atom is -0.504 e. The number of carbonyl (C=O) groups is 2. The van der Waals surface area contributed by atoms with Gasteiger partial charge in [-0.2, -0.15) is 0 Å². The maximum absolute atomic E-state index is 13.5. The van der Waals surface area contributed by atoms with Crippen LogP contribution >= 0.6 is 0 Å². The van der Waals surface area contributed by atoms with Crippen molar-refractivity contribution in [2.45, 2.75) is 45.5 Å². The monoisotopic (exact) mass is 622 g/mol. The SMILES string of the molecule is CC=C(C)C(=O)O[C@H]1c2cc(OC)c(OC)c(O)c2-c2c(cc(OC)c(OC)c2O)[C@H](OC(=O)c2ccccc2)[C@@](C)(O)[C@H]1C. The van der Waals surface area contributed by atoms with Crippen LogP contribution in [0.25, 0.3) is 11.1 Å². The molecule has 11 heteroatoms. The lowest BCUT2D eigenvalue weighted by molar-refractivity contribution is -0.165. The van der Waals surface area contributed by atoms with E-state index >= 15 is 0 Å². The van der Waals surface area contributed by atoms with E-state index in [1.165, 1.54) is 47.5 Å². The Labute approximate surface area is 261 Å². The largest absolute Gasteiger partial charge is 0.504 e. The molecule has 3 N–H and O–H groups in total. The summed E-state index contributed by atoms with van der Waals surface area (Å²) in [5, 5.41) is 36.0. The van der Waals surface area contributed by atoms with Gasteiger partial charge in [-0.1, -0.05) is 31.2 Å². The van der Waals surface area contributed by atoms with Crippen LogP contribution in [-0.2, 0) is 14.3 Å². The summed E-state index contributed by atoms with van der Waals surface area (Å²) in [5.74, 6) is -3.47. The number of phenolic OH excluding ortho intramolecular Hbond substituents is 2. The Morgan fingerprint density at radius 2 is 1.33 bits per heavy atom. The molecule has 0 amide bonds. The van der Waals surface area contributed by atoms with Gasteiger partial charge in [-0.25, -0.2) is 9.59 Å². The highest BCUT2D eigenvalue weighted by Gasteiger charge is 2.51. The quantitative estimate of drug-likeness (QED) is 0.211. The molecule has 11 nitrogen and oxygen atoms in total. The highest BCUT2D eigenvalue weighted by atomic mass is 16.6. The van der Waals surface area contributed by atoms with E-state index in [4.69, 9.17) is 28.4 Å². The average molecular weight is 623 g/mol. The maximum atomic E-state index is 13.5. The number of carbonyl (C=O) groups excluding carboxylic acids is 2. The Balaban J connectivity index is 2.19. The van der Waals surface area contributed by atoms with Crippen molar-refractivity contribution in [2.24, 2.45) is 5.92 Å². The zero-order valence-corrected chi connectivity index (χ0v) is 26.5. The zero-order valence-electron chi connectivity index (χ0n) is 26.5. The van der Waals surface area contributed by atoms with Gasteiger partial charge in [0.15, 0.2) is 29.1 Å². The molecule has 0 spiro atoms. The Bertz CT molecular complexity index is 1630. The maximum Gasteiger partial charge on any atom is 0.338 e. The molecular formula is C34H38O11. The van der Waals surface area contributed by atoms with Crippen molar-refractivity contribution in [3.05, 3.63) is 70.8 Å². The number of methoxy groups -OCH3 is 4. The van der Waals surface area contributed by atoms with Crippen LogP contribution in [0, 0.1) is 5.92 Å². The number of hydrogen-bond acceptors (Lipinski definition) is 11. The summed E-state index contributed by atoms with van der Waals surface area (Å²) in [5.41, 5.74) is -1.34. The Morgan fingerprint density at radius 3 is 1.82 bits per heavy atom. The number of allylic oxidation sites excluding steroid dienone is 1. The van der Waals surface area contributed by atoms with Gasteiger partial charge in [0, 0.05) is 33.7 Å². The molecular weight excluding hydrogens is 584 g/mol. The summed E-state index contributed by atoms with van der Waals surface area (Å²) in [7, 11) is 5.37. The van der Waals surface area contributed by atoms with Crippen LogP contribution in [0.5, 0.6) is 34.5 Å². The van der Waals surface area contributed by atoms with Gasteiger partial charge in [0.1, 0.15) is 11.7 Å². The fraction of sp³-hybridized carbons (Fsp3) is 0.353. The predicted octanol–water partition coefficient (Wildman–Crippen LogP) is 5.65. The molecule has 0 aromatic heterocycles. The Hall–Kier alpha value is -4.90. The third-order valence-corrected chi connectivity index (χ3v) is 8.32. The molecule has 1 aliphatic rings. The van der Waals surface area contributed by atoms with Gasteiger partial charge in [-0.05, 0) is 45.0 Å². The van der Waals surface area contributed by atoms with Crippen LogP contribution in [0.2, 0.25) is 0 Å². The number of benzene rings is 3. The van der Waals surface area contributed by atoms with E-state index in [0.29, 0.717) is 0 Å². The van der Waals surface area contributed by atoms with Crippen LogP contribution in [0.1, 0.15) is 61.4 Å². The van der Waals surface area contributed by atoms with Crippen LogP contribution in [-0.4, -0.2) is 61.3 Å². The molecule has 240 valence electrons. The second-order valence-corrected chi connectivity index (χ2v) is 10.8. The van der Waals surface area contributed by atoms with E-state index in [0.717, 1.165) is 0 Å². The molecule has 0 fully saturated rings. The molecule has 4 rings (SSSR count). The molecule has 3 aromatic carbocycles. The molecule has 0 radical (unpaired) electrons. The number of ether oxygens (including phenoxy) is 6. The van der Waals surface area contributed by atoms with Crippen LogP contribution in [0.15, 0.2) is 54.1 Å². The average Bonchev–Trinajstić information content (AvgIpc) is 3.04. The molecule has 0 saturated heterocycles. The summed E-state index contributed by atoms with van der Waals surface area (Å²) >= 11 is 0. The highest BCUT2D eigenvalue weighted by Crippen LogP contribution is 2.60. The minimum absolute atomic E-state index is 0.0276. The van der Waals surface area contributed by atoms with Crippen molar-refractivity contribution in [1.29, 1.82) is 0 Å². The van der Waals surface area contributed by atoms with E-state index in [9.17, 15) is 24.9 Å². The number of esters is 2. The van der Waals surface area contributed by atoms with Gasteiger partial charge in [0.05, 0.1) is 34.0 Å². The van der Waals surface area contributed by atoms with Crippen molar-refractivity contribution in [2.75, 3.05) is 28.4 Å². The van der Waals surface area contributed by atoms with Gasteiger partial charge in [0.25, 0.3) is 0 Å². The van der Waals surface area contributed by atoms with Crippen molar-refractivity contribution in [3.8, 4) is 45.6 Å². The summed E-state index contributed by atoms with van der Waals surface area (Å²) < 4.78 is 34.1. The first-order valence-electron chi connectivity index (χ1n) is 14.2. The van der Waals surface area contributed by atoms with E-state index in [2.05, 4.69) is 0 Å². The van der Waals surface area contributed by atoms with Crippen molar-refractivity contribution >= 4 is 11.9 Å². The van der Waals surface area contributed by atoms with Crippen molar-refractivity contribution < 1.29 is 53.3 Å². The summed E-state index contributed by atoms with van der Waals surface area (Å²) in [6, 6.07) is 11.1. The van der Waals surface area contributed by atoms with Crippen LogP contribution < -0.4 is 18.9 Å². The third-order valence-electron chi connectivity index (χ3n) is 8.32. The van der Waals surface area contributed by atoms with E-state index in [-0.39, 0.29) is 56.4 Å². The van der Waals surface area contributed by atoms with Gasteiger partial charge in [0.2, 0.25) is 11.5 Å². The molecule has 0 saturated carbocycles. The van der Waals surface area contributed by atoms with Crippen LogP contribution in [0.3, 0.4) is 0 Å². The standard InChI is InChI=1S/C34H38O11/c1-9-17(2)32(37)44-28-18(3)34(4,39)31(45-33(38)19-13-11-10-12-14-19)21-16-23(41-6)30(43-8)27(36)25(21)24-20(28)15-22(40-5)29(42-7)26(24)35/h9-16,18,28,31,35-36,39H,1-8H3/t18-,28+,31-,34-/m0/s1. The second-order valence-electron chi connectivity index (χ2n) is 10.8. The van der Waals surface area contributed by atoms with Gasteiger partial charge in [-0.15, -0.1) is 0 Å². The lowest BCUT2D eigenvalue weighted by Gasteiger charge is -2.43. The van der Waals surface area contributed by atoms with Crippen molar-refractivity contribution in [3.63, 3.8) is 0 Å². The van der Waals surface area contributed by atoms with E-state index < -0.39 is 47.2 Å². The van der Waals surface area contributed by atoms with Gasteiger partial charge in [-0.3, -0.25) is 0 Å². The number of rotatable bonds is 8. The zero-order chi connectivity index (χ0) is 33.2. The number of hydrogen-bond donors (Lipinski definition) is 3. The number of aromatic hydroxyl groups is 2.